The van der Waals surface area contributed by atoms with Crippen LogP contribution < -0.4 is 14.8 Å². The van der Waals surface area contributed by atoms with Gasteiger partial charge >= 0.3 is 0 Å². The average molecular weight is 335 g/mol. The van der Waals surface area contributed by atoms with Crippen molar-refractivity contribution < 1.29 is 19.0 Å². The van der Waals surface area contributed by atoms with E-state index in [4.69, 9.17) is 14.2 Å². The SMILES string of the molecule is COc1ccc(C(CC(=O)NCCOC(C)C)C2CC2)cc1OC. The molecule has 1 aromatic rings. The molecular weight excluding hydrogens is 306 g/mol. The van der Waals surface area contributed by atoms with E-state index in [0.29, 0.717) is 37.0 Å². The van der Waals surface area contributed by atoms with E-state index in [-0.39, 0.29) is 17.9 Å². The number of hydrogen-bond acceptors (Lipinski definition) is 4. The summed E-state index contributed by atoms with van der Waals surface area (Å²) in [6.07, 6.45) is 3.06. The van der Waals surface area contributed by atoms with E-state index in [1.807, 2.05) is 32.0 Å². The summed E-state index contributed by atoms with van der Waals surface area (Å²) in [4.78, 5) is 12.3. The Balaban J connectivity index is 1.96. The monoisotopic (exact) mass is 335 g/mol. The van der Waals surface area contributed by atoms with Gasteiger partial charge in [0.2, 0.25) is 5.91 Å². The number of carbonyl (C=O) groups excluding carboxylic acids is 1. The van der Waals surface area contributed by atoms with E-state index in [0.717, 1.165) is 5.56 Å². The number of carbonyl (C=O) groups is 1. The standard InChI is InChI=1S/C19H29NO4/c1-13(2)24-10-9-20-19(21)12-16(14-5-6-14)15-7-8-17(22-3)18(11-15)23-4/h7-8,11,13-14,16H,5-6,9-10,12H2,1-4H3,(H,20,21). The molecule has 2 rings (SSSR count). The zero-order chi connectivity index (χ0) is 17.5. The molecule has 1 aliphatic rings. The lowest BCUT2D eigenvalue weighted by Crippen LogP contribution is -2.29. The Morgan fingerprint density at radius 3 is 2.50 bits per heavy atom. The third kappa shape index (κ3) is 5.41. The molecule has 0 aromatic heterocycles. The van der Waals surface area contributed by atoms with Crippen LogP contribution in [0, 0.1) is 5.92 Å². The van der Waals surface area contributed by atoms with E-state index in [2.05, 4.69) is 5.32 Å². The highest BCUT2D eigenvalue weighted by molar-refractivity contribution is 5.77. The molecule has 0 heterocycles. The number of nitrogens with one attached hydrogen (secondary N) is 1. The first-order valence-electron chi connectivity index (χ1n) is 8.65. The summed E-state index contributed by atoms with van der Waals surface area (Å²) < 4.78 is 16.1. The highest BCUT2D eigenvalue weighted by Gasteiger charge is 2.34. The molecular formula is C19H29NO4. The topological polar surface area (TPSA) is 56.8 Å². The maximum absolute atomic E-state index is 12.3. The Bertz CT molecular complexity index is 540. The lowest BCUT2D eigenvalue weighted by Gasteiger charge is -2.18. The Labute approximate surface area is 144 Å². The second-order valence-electron chi connectivity index (χ2n) is 6.53. The van der Waals surface area contributed by atoms with Gasteiger partial charge in [0.15, 0.2) is 11.5 Å². The Morgan fingerprint density at radius 2 is 1.92 bits per heavy atom. The van der Waals surface area contributed by atoms with Crippen LogP contribution in [0.25, 0.3) is 0 Å². The van der Waals surface area contributed by atoms with Gasteiger partial charge in [-0.25, -0.2) is 0 Å². The average Bonchev–Trinajstić information content (AvgIpc) is 3.40. The van der Waals surface area contributed by atoms with Gasteiger partial charge in [-0.05, 0) is 56.2 Å². The summed E-state index contributed by atoms with van der Waals surface area (Å²) in [5.41, 5.74) is 1.14. The molecule has 0 bridgehead atoms. The molecule has 24 heavy (non-hydrogen) atoms. The zero-order valence-corrected chi connectivity index (χ0v) is 15.1. The summed E-state index contributed by atoms with van der Waals surface area (Å²) >= 11 is 0. The maximum atomic E-state index is 12.3. The highest BCUT2D eigenvalue weighted by Crippen LogP contribution is 2.46. The van der Waals surface area contributed by atoms with E-state index < -0.39 is 0 Å². The van der Waals surface area contributed by atoms with Crippen molar-refractivity contribution in [1.82, 2.24) is 5.32 Å². The van der Waals surface area contributed by atoms with Crippen molar-refractivity contribution in [1.29, 1.82) is 0 Å². The highest BCUT2D eigenvalue weighted by atomic mass is 16.5. The third-order valence-corrected chi connectivity index (χ3v) is 4.31. The van der Waals surface area contributed by atoms with Gasteiger partial charge in [-0.2, -0.15) is 0 Å². The van der Waals surface area contributed by atoms with E-state index in [1.54, 1.807) is 14.2 Å². The van der Waals surface area contributed by atoms with Gasteiger partial charge in [-0.3, -0.25) is 4.79 Å². The molecule has 1 N–H and O–H groups in total. The van der Waals surface area contributed by atoms with Crippen LogP contribution in [-0.4, -0.2) is 39.4 Å². The molecule has 1 saturated carbocycles. The fraction of sp³-hybridized carbons (Fsp3) is 0.632. The fourth-order valence-corrected chi connectivity index (χ4v) is 2.90. The van der Waals surface area contributed by atoms with Gasteiger partial charge in [0.1, 0.15) is 0 Å². The second kappa shape index (κ2) is 8.92. The van der Waals surface area contributed by atoms with Crippen molar-refractivity contribution in [2.24, 2.45) is 5.92 Å². The molecule has 5 nitrogen and oxygen atoms in total. The first kappa shape index (κ1) is 18.6. The summed E-state index contributed by atoms with van der Waals surface area (Å²) in [7, 11) is 3.26. The number of amides is 1. The predicted molar refractivity (Wildman–Crippen MR) is 93.7 cm³/mol. The summed E-state index contributed by atoms with van der Waals surface area (Å²) in [6.45, 7) is 5.08. The summed E-state index contributed by atoms with van der Waals surface area (Å²) in [6, 6.07) is 5.95. The lowest BCUT2D eigenvalue weighted by molar-refractivity contribution is -0.121. The molecule has 5 heteroatoms. The van der Waals surface area contributed by atoms with Crippen LogP contribution in [0.4, 0.5) is 0 Å². The summed E-state index contributed by atoms with van der Waals surface area (Å²) in [5, 5.41) is 2.95. The van der Waals surface area contributed by atoms with Crippen LogP contribution in [-0.2, 0) is 9.53 Å². The lowest BCUT2D eigenvalue weighted by atomic mass is 9.90. The van der Waals surface area contributed by atoms with E-state index in [1.165, 1.54) is 12.8 Å². The Kier molecular flexibility index (Phi) is 6.91. The quantitative estimate of drug-likeness (QED) is 0.668. The molecule has 1 atom stereocenters. The zero-order valence-electron chi connectivity index (χ0n) is 15.1. The van der Waals surface area contributed by atoms with Crippen LogP contribution in [0.5, 0.6) is 11.5 Å². The first-order chi connectivity index (χ1) is 11.5. The number of hydrogen-bond donors (Lipinski definition) is 1. The van der Waals surface area contributed by atoms with Gasteiger partial charge in [0.05, 0.1) is 26.9 Å². The van der Waals surface area contributed by atoms with E-state index >= 15 is 0 Å². The number of ether oxygens (including phenoxy) is 3. The largest absolute Gasteiger partial charge is 0.493 e. The Hall–Kier alpha value is -1.75. The third-order valence-electron chi connectivity index (χ3n) is 4.31. The van der Waals surface area contributed by atoms with Crippen molar-refractivity contribution in [2.75, 3.05) is 27.4 Å². The van der Waals surface area contributed by atoms with Gasteiger partial charge < -0.3 is 19.5 Å². The van der Waals surface area contributed by atoms with Crippen molar-refractivity contribution in [3.63, 3.8) is 0 Å². The van der Waals surface area contributed by atoms with Crippen molar-refractivity contribution >= 4 is 5.91 Å². The molecule has 0 aliphatic heterocycles. The number of rotatable bonds is 10. The van der Waals surface area contributed by atoms with Crippen LogP contribution >= 0.6 is 0 Å². The normalized spacial score (nSPS) is 15.2. The molecule has 0 radical (unpaired) electrons. The molecule has 1 amide bonds. The molecule has 0 saturated heterocycles. The molecule has 1 aromatic carbocycles. The van der Waals surface area contributed by atoms with Crippen molar-refractivity contribution in [3.8, 4) is 11.5 Å². The fourth-order valence-electron chi connectivity index (χ4n) is 2.90. The van der Waals surface area contributed by atoms with Crippen molar-refractivity contribution in [3.05, 3.63) is 23.8 Å². The van der Waals surface area contributed by atoms with Gasteiger partial charge in [0.25, 0.3) is 0 Å². The molecule has 1 fully saturated rings. The smallest absolute Gasteiger partial charge is 0.220 e. The Morgan fingerprint density at radius 1 is 1.21 bits per heavy atom. The van der Waals surface area contributed by atoms with Gasteiger partial charge in [-0.15, -0.1) is 0 Å². The molecule has 1 unspecified atom stereocenters. The van der Waals surface area contributed by atoms with Crippen LogP contribution in [0.1, 0.15) is 44.6 Å². The molecule has 0 spiro atoms. The summed E-state index contributed by atoms with van der Waals surface area (Å²) in [5.74, 6) is 2.32. The minimum absolute atomic E-state index is 0.0778. The molecule has 134 valence electrons. The minimum atomic E-state index is 0.0778. The van der Waals surface area contributed by atoms with Crippen LogP contribution in [0.15, 0.2) is 18.2 Å². The van der Waals surface area contributed by atoms with Crippen molar-refractivity contribution in [2.45, 2.75) is 45.1 Å². The predicted octanol–water partition coefficient (Wildman–Crippen LogP) is 3.13. The van der Waals surface area contributed by atoms with Crippen LogP contribution in [0.2, 0.25) is 0 Å². The number of benzene rings is 1. The first-order valence-corrected chi connectivity index (χ1v) is 8.65. The second-order valence-corrected chi connectivity index (χ2v) is 6.53. The molecule has 1 aliphatic carbocycles. The number of methoxy groups -OCH3 is 2. The van der Waals surface area contributed by atoms with Crippen LogP contribution in [0.3, 0.4) is 0 Å². The maximum Gasteiger partial charge on any atom is 0.220 e. The van der Waals surface area contributed by atoms with Gasteiger partial charge in [0, 0.05) is 13.0 Å². The minimum Gasteiger partial charge on any atom is -0.493 e. The van der Waals surface area contributed by atoms with Gasteiger partial charge in [-0.1, -0.05) is 6.07 Å². The van der Waals surface area contributed by atoms with E-state index in [9.17, 15) is 4.79 Å².